The maximum Gasteiger partial charge on any atom is 0.313 e. The Balaban J connectivity index is 1.73. The standard InChI is InChI=1S/C16H20ClN3O3/c1-11-5-6-12(17)10-13(11)19-16(23)15(22)18-7-3-9-20-8-2-4-14(20)21/h5-6,10H,2-4,7-9H2,1H3,(H,18,22)(H,19,23). The van der Waals surface area contributed by atoms with Crippen LogP contribution in [0.1, 0.15) is 24.8 Å². The van der Waals surface area contributed by atoms with Crippen molar-refractivity contribution in [2.45, 2.75) is 26.2 Å². The molecule has 23 heavy (non-hydrogen) atoms. The van der Waals surface area contributed by atoms with Crippen LogP contribution in [0.25, 0.3) is 0 Å². The summed E-state index contributed by atoms with van der Waals surface area (Å²) in [5, 5.41) is 5.58. The van der Waals surface area contributed by atoms with Gasteiger partial charge in [0.25, 0.3) is 0 Å². The Morgan fingerprint density at radius 3 is 2.78 bits per heavy atom. The van der Waals surface area contributed by atoms with Crippen molar-refractivity contribution < 1.29 is 14.4 Å². The molecule has 1 aromatic carbocycles. The summed E-state index contributed by atoms with van der Waals surface area (Å²) in [7, 11) is 0. The number of carbonyl (C=O) groups is 3. The van der Waals surface area contributed by atoms with Gasteiger partial charge in [-0.25, -0.2) is 0 Å². The smallest absolute Gasteiger partial charge is 0.313 e. The van der Waals surface area contributed by atoms with Crippen LogP contribution >= 0.6 is 11.6 Å². The molecule has 1 heterocycles. The fraction of sp³-hybridized carbons (Fsp3) is 0.438. The van der Waals surface area contributed by atoms with E-state index in [4.69, 9.17) is 11.6 Å². The van der Waals surface area contributed by atoms with Gasteiger partial charge in [0.05, 0.1) is 0 Å². The Morgan fingerprint density at radius 1 is 1.30 bits per heavy atom. The largest absolute Gasteiger partial charge is 0.348 e. The number of hydrogen-bond donors (Lipinski definition) is 2. The van der Waals surface area contributed by atoms with Crippen LogP contribution in [-0.4, -0.2) is 42.3 Å². The maximum atomic E-state index is 11.8. The predicted octanol–water partition coefficient (Wildman–Crippen LogP) is 1.72. The lowest BCUT2D eigenvalue weighted by Crippen LogP contribution is -2.37. The van der Waals surface area contributed by atoms with Crippen molar-refractivity contribution in [1.82, 2.24) is 10.2 Å². The van der Waals surface area contributed by atoms with E-state index in [9.17, 15) is 14.4 Å². The Labute approximate surface area is 140 Å². The number of carbonyl (C=O) groups excluding carboxylic acids is 3. The summed E-state index contributed by atoms with van der Waals surface area (Å²) in [6.07, 6.45) is 2.13. The van der Waals surface area contributed by atoms with Crippen molar-refractivity contribution in [3.63, 3.8) is 0 Å². The lowest BCUT2D eigenvalue weighted by atomic mass is 10.2. The van der Waals surface area contributed by atoms with E-state index in [1.807, 2.05) is 6.92 Å². The molecule has 0 atom stereocenters. The number of benzene rings is 1. The average molecular weight is 338 g/mol. The molecule has 1 fully saturated rings. The fourth-order valence-electron chi connectivity index (χ4n) is 2.40. The molecular weight excluding hydrogens is 318 g/mol. The zero-order chi connectivity index (χ0) is 16.8. The van der Waals surface area contributed by atoms with E-state index in [0.29, 0.717) is 36.6 Å². The molecule has 0 spiro atoms. The molecule has 0 aliphatic carbocycles. The molecule has 3 amide bonds. The van der Waals surface area contributed by atoms with Gasteiger partial charge >= 0.3 is 11.8 Å². The summed E-state index contributed by atoms with van der Waals surface area (Å²) in [6, 6.07) is 5.08. The Kier molecular flexibility index (Phi) is 5.98. The van der Waals surface area contributed by atoms with Gasteiger partial charge in [0.2, 0.25) is 5.91 Å². The summed E-state index contributed by atoms with van der Waals surface area (Å²) in [6.45, 7) is 3.55. The van der Waals surface area contributed by atoms with Crippen LogP contribution in [0.2, 0.25) is 5.02 Å². The number of amides is 3. The van der Waals surface area contributed by atoms with Crippen molar-refractivity contribution in [1.29, 1.82) is 0 Å². The average Bonchev–Trinajstić information content (AvgIpc) is 2.92. The van der Waals surface area contributed by atoms with Crippen molar-refractivity contribution in [2.24, 2.45) is 0 Å². The van der Waals surface area contributed by atoms with Crippen molar-refractivity contribution in [2.75, 3.05) is 25.0 Å². The van der Waals surface area contributed by atoms with Crippen molar-refractivity contribution in [3.8, 4) is 0 Å². The monoisotopic (exact) mass is 337 g/mol. The zero-order valence-electron chi connectivity index (χ0n) is 13.0. The first-order chi connectivity index (χ1) is 11.0. The Morgan fingerprint density at radius 2 is 2.09 bits per heavy atom. The predicted molar refractivity (Wildman–Crippen MR) is 88.3 cm³/mol. The van der Waals surface area contributed by atoms with Gasteiger partial charge in [-0.3, -0.25) is 14.4 Å². The number of nitrogens with zero attached hydrogens (tertiary/aromatic N) is 1. The fourth-order valence-corrected chi connectivity index (χ4v) is 2.57. The molecule has 0 radical (unpaired) electrons. The second-order valence-electron chi connectivity index (χ2n) is 5.51. The number of anilines is 1. The topological polar surface area (TPSA) is 78.5 Å². The van der Waals surface area contributed by atoms with Crippen LogP contribution in [0.5, 0.6) is 0 Å². The van der Waals surface area contributed by atoms with Gasteiger partial charge in [-0.1, -0.05) is 17.7 Å². The highest BCUT2D eigenvalue weighted by atomic mass is 35.5. The van der Waals surface area contributed by atoms with E-state index in [0.717, 1.165) is 18.5 Å². The minimum atomic E-state index is -0.729. The highest BCUT2D eigenvalue weighted by Crippen LogP contribution is 2.19. The highest BCUT2D eigenvalue weighted by molar-refractivity contribution is 6.40. The van der Waals surface area contributed by atoms with Crippen LogP contribution < -0.4 is 10.6 Å². The van der Waals surface area contributed by atoms with E-state index in [2.05, 4.69) is 10.6 Å². The summed E-state index contributed by atoms with van der Waals surface area (Å²) in [5.41, 5.74) is 1.34. The van der Waals surface area contributed by atoms with Crippen LogP contribution in [0.4, 0.5) is 5.69 Å². The molecular formula is C16H20ClN3O3. The number of hydrogen-bond acceptors (Lipinski definition) is 3. The SMILES string of the molecule is Cc1ccc(Cl)cc1NC(=O)C(=O)NCCCN1CCCC1=O. The Hall–Kier alpha value is -2.08. The normalized spacial score (nSPS) is 14.0. The summed E-state index contributed by atoms with van der Waals surface area (Å²) in [4.78, 5) is 36.8. The molecule has 0 saturated carbocycles. The molecule has 2 rings (SSSR count). The van der Waals surface area contributed by atoms with Crippen LogP contribution in [0.15, 0.2) is 18.2 Å². The minimum Gasteiger partial charge on any atom is -0.348 e. The van der Waals surface area contributed by atoms with E-state index in [-0.39, 0.29) is 5.91 Å². The zero-order valence-corrected chi connectivity index (χ0v) is 13.8. The van der Waals surface area contributed by atoms with Crippen molar-refractivity contribution >= 4 is 35.0 Å². The maximum absolute atomic E-state index is 11.8. The van der Waals surface area contributed by atoms with Crippen molar-refractivity contribution in [3.05, 3.63) is 28.8 Å². The third kappa shape index (κ3) is 4.96. The minimum absolute atomic E-state index is 0.158. The van der Waals surface area contributed by atoms with E-state index in [1.54, 1.807) is 23.1 Å². The summed E-state index contributed by atoms with van der Waals surface area (Å²) < 4.78 is 0. The van der Waals surface area contributed by atoms with E-state index in [1.165, 1.54) is 0 Å². The van der Waals surface area contributed by atoms with Gasteiger partial charge in [0.1, 0.15) is 0 Å². The molecule has 1 aromatic rings. The van der Waals surface area contributed by atoms with Gasteiger partial charge in [-0.05, 0) is 37.5 Å². The number of nitrogens with one attached hydrogen (secondary N) is 2. The quantitative estimate of drug-likeness (QED) is 0.634. The Bertz CT molecular complexity index is 619. The summed E-state index contributed by atoms with van der Waals surface area (Å²) in [5.74, 6) is -1.27. The van der Waals surface area contributed by atoms with Gasteiger partial charge < -0.3 is 15.5 Å². The molecule has 2 N–H and O–H groups in total. The molecule has 0 unspecified atom stereocenters. The molecule has 0 aromatic heterocycles. The number of likely N-dealkylation sites (tertiary alicyclic amines) is 1. The third-order valence-corrected chi connectivity index (χ3v) is 3.95. The first-order valence-corrected chi connectivity index (χ1v) is 7.98. The number of rotatable bonds is 5. The highest BCUT2D eigenvalue weighted by Gasteiger charge is 2.19. The second kappa shape index (κ2) is 7.97. The lowest BCUT2D eigenvalue weighted by Gasteiger charge is -2.15. The summed E-state index contributed by atoms with van der Waals surface area (Å²) >= 11 is 5.87. The number of aryl methyl sites for hydroxylation is 1. The van der Waals surface area contributed by atoms with Crippen LogP contribution in [0, 0.1) is 6.92 Å². The first kappa shape index (κ1) is 17.3. The molecule has 6 nitrogen and oxygen atoms in total. The third-order valence-electron chi connectivity index (χ3n) is 3.72. The molecule has 124 valence electrons. The molecule has 1 aliphatic rings. The molecule has 1 aliphatic heterocycles. The van der Waals surface area contributed by atoms with Gasteiger partial charge in [0.15, 0.2) is 0 Å². The van der Waals surface area contributed by atoms with E-state index < -0.39 is 11.8 Å². The molecule has 1 saturated heterocycles. The first-order valence-electron chi connectivity index (χ1n) is 7.60. The van der Waals surface area contributed by atoms with Gasteiger partial charge in [0, 0.05) is 36.8 Å². The molecule has 7 heteroatoms. The van der Waals surface area contributed by atoms with Crippen LogP contribution in [0.3, 0.4) is 0 Å². The van der Waals surface area contributed by atoms with E-state index >= 15 is 0 Å². The molecule has 0 bridgehead atoms. The van der Waals surface area contributed by atoms with Gasteiger partial charge in [-0.15, -0.1) is 0 Å². The van der Waals surface area contributed by atoms with Gasteiger partial charge in [-0.2, -0.15) is 0 Å². The number of halogens is 1. The lowest BCUT2D eigenvalue weighted by molar-refractivity contribution is -0.136. The van der Waals surface area contributed by atoms with Crippen LogP contribution in [-0.2, 0) is 14.4 Å². The second-order valence-corrected chi connectivity index (χ2v) is 5.94.